The van der Waals surface area contributed by atoms with Crippen molar-refractivity contribution >= 4 is 35.4 Å². The lowest BCUT2D eigenvalue weighted by Crippen LogP contribution is -2.49. The Morgan fingerprint density at radius 3 is 2.86 bits per heavy atom. The van der Waals surface area contributed by atoms with Crippen LogP contribution in [-0.2, 0) is 9.53 Å². The van der Waals surface area contributed by atoms with Gasteiger partial charge in [-0.05, 0) is 26.0 Å². The molecule has 1 atom stereocenters. The van der Waals surface area contributed by atoms with Crippen molar-refractivity contribution in [2.75, 3.05) is 12.4 Å². The van der Waals surface area contributed by atoms with Crippen LogP contribution in [-0.4, -0.2) is 40.6 Å². The maximum Gasteiger partial charge on any atom is 0.337 e. The Morgan fingerprint density at radius 2 is 2.23 bits per heavy atom. The molecule has 0 spiro atoms. The van der Waals surface area contributed by atoms with Crippen LogP contribution >= 0.6 is 23.4 Å². The van der Waals surface area contributed by atoms with Crippen LogP contribution in [0.2, 0.25) is 5.15 Å². The molecule has 22 heavy (non-hydrogen) atoms. The highest BCUT2D eigenvalue weighted by atomic mass is 35.5. The van der Waals surface area contributed by atoms with Gasteiger partial charge in [-0.25, -0.2) is 9.59 Å². The minimum Gasteiger partial charge on any atom is -0.463 e. The first-order valence-corrected chi connectivity index (χ1v) is 7.97. The van der Waals surface area contributed by atoms with Crippen LogP contribution in [0.4, 0.5) is 4.79 Å². The molecule has 1 aliphatic rings. The fraction of sp³-hybridized carbons (Fsp3) is 0.385. The zero-order chi connectivity index (χ0) is 16.1. The molecular weight excluding hydrogens is 328 g/mol. The summed E-state index contributed by atoms with van der Waals surface area (Å²) in [5.41, 5.74) is 0.923. The van der Waals surface area contributed by atoms with Crippen LogP contribution in [0.15, 0.2) is 28.4 Å². The average molecular weight is 343 g/mol. The number of amides is 2. The zero-order valence-corrected chi connectivity index (χ0v) is 13.6. The lowest BCUT2D eigenvalue weighted by Gasteiger charge is -2.26. The fourth-order valence-electron chi connectivity index (χ4n) is 1.92. The molecule has 0 aromatic carbocycles. The van der Waals surface area contributed by atoms with Crippen LogP contribution in [0.1, 0.15) is 13.8 Å². The molecule has 2 heterocycles. The minimum atomic E-state index is -0.444. The smallest absolute Gasteiger partial charge is 0.337 e. The number of halogens is 1. The van der Waals surface area contributed by atoms with E-state index in [0.717, 1.165) is 0 Å². The quantitative estimate of drug-likeness (QED) is 0.625. The van der Waals surface area contributed by atoms with E-state index in [1.807, 2.05) is 0 Å². The maximum absolute atomic E-state index is 12.1. The van der Waals surface area contributed by atoms with Crippen molar-refractivity contribution in [3.05, 3.63) is 28.6 Å². The van der Waals surface area contributed by atoms with E-state index >= 15 is 0 Å². The Kier molecular flexibility index (Phi) is 5.62. The van der Waals surface area contributed by atoms with Gasteiger partial charge in [0.25, 0.3) is 0 Å². The highest BCUT2D eigenvalue weighted by molar-refractivity contribution is 7.99. The van der Waals surface area contributed by atoms with Gasteiger partial charge in [-0.1, -0.05) is 23.4 Å². The van der Waals surface area contributed by atoms with Gasteiger partial charge in [0.2, 0.25) is 0 Å². The number of thioether (sulfide) groups is 1. The van der Waals surface area contributed by atoms with Gasteiger partial charge in [-0.3, -0.25) is 0 Å². The summed E-state index contributed by atoms with van der Waals surface area (Å²) < 4.78 is 5.04. The number of esters is 1. The van der Waals surface area contributed by atoms with Crippen molar-refractivity contribution in [3.8, 4) is 0 Å². The molecule has 0 fully saturated rings. The van der Waals surface area contributed by atoms with Crippen LogP contribution in [0.25, 0.3) is 0 Å². The summed E-state index contributed by atoms with van der Waals surface area (Å²) in [4.78, 5) is 23.7. The van der Waals surface area contributed by atoms with Gasteiger partial charge in [0.05, 0.1) is 18.2 Å². The number of urea groups is 1. The number of hydrogen-bond donors (Lipinski definition) is 2. The first-order chi connectivity index (χ1) is 10.5. The van der Waals surface area contributed by atoms with Crippen LogP contribution in [0.5, 0.6) is 0 Å². The third kappa shape index (κ3) is 4.11. The molecule has 9 heteroatoms. The fourth-order valence-corrected chi connectivity index (χ4v) is 2.80. The number of carbonyl (C=O) groups is 2. The Hall–Kier alpha value is -1.80. The van der Waals surface area contributed by atoms with Crippen molar-refractivity contribution in [2.24, 2.45) is 0 Å². The van der Waals surface area contributed by atoms with Crippen molar-refractivity contribution in [3.63, 3.8) is 0 Å². The highest BCUT2D eigenvalue weighted by Crippen LogP contribution is 2.22. The van der Waals surface area contributed by atoms with Gasteiger partial charge >= 0.3 is 12.0 Å². The second-order valence-electron chi connectivity index (χ2n) is 4.42. The topological polar surface area (TPSA) is 93.2 Å². The molecule has 2 N–H and O–H groups in total. The molecule has 1 aliphatic heterocycles. The summed E-state index contributed by atoms with van der Waals surface area (Å²) >= 11 is 7.02. The lowest BCUT2D eigenvalue weighted by atomic mass is 10.1. The second-order valence-corrected chi connectivity index (χ2v) is 5.80. The minimum absolute atomic E-state index is 0.270. The number of rotatable bonds is 5. The van der Waals surface area contributed by atoms with E-state index in [1.165, 1.54) is 11.8 Å². The van der Waals surface area contributed by atoms with Crippen LogP contribution in [0.3, 0.4) is 0 Å². The normalized spacial score (nSPS) is 17.8. The predicted octanol–water partition coefficient (Wildman–Crippen LogP) is 1.74. The van der Waals surface area contributed by atoms with E-state index in [4.69, 9.17) is 16.3 Å². The average Bonchev–Trinajstić information content (AvgIpc) is 2.46. The monoisotopic (exact) mass is 342 g/mol. The summed E-state index contributed by atoms with van der Waals surface area (Å²) in [5.74, 6) is -0.0809. The molecule has 0 radical (unpaired) electrons. The van der Waals surface area contributed by atoms with E-state index < -0.39 is 12.0 Å². The van der Waals surface area contributed by atoms with E-state index in [9.17, 15) is 9.59 Å². The van der Waals surface area contributed by atoms with E-state index in [-0.39, 0.29) is 12.6 Å². The maximum atomic E-state index is 12.1. The molecule has 1 aromatic heterocycles. The van der Waals surface area contributed by atoms with Gasteiger partial charge < -0.3 is 15.4 Å². The van der Waals surface area contributed by atoms with Gasteiger partial charge in [0.1, 0.15) is 5.03 Å². The number of nitrogens with one attached hydrogen (secondary N) is 2. The second kappa shape index (κ2) is 7.46. The molecule has 2 rings (SSSR count). The summed E-state index contributed by atoms with van der Waals surface area (Å²) in [6, 6.07) is 2.58. The van der Waals surface area contributed by atoms with E-state index in [1.54, 1.807) is 26.0 Å². The zero-order valence-electron chi connectivity index (χ0n) is 12.1. The Bertz CT molecular complexity index is 606. The van der Waals surface area contributed by atoms with Crippen LogP contribution < -0.4 is 10.6 Å². The molecule has 118 valence electrons. The molecule has 0 saturated carbocycles. The molecule has 0 saturated heterocycles. The number of nitrogens with zero attached hydrogens (tertiary/aromatic N) is 2. The molecule has 0 bridgehead atoms. The lowest BCUT2D eigenvalue weighted by molar-refractivity contribution is -0.138. The summed E-state index contributed by atoms with van der Waals surface area (Å²) in [5, 5.41) is 13.9. The summed E-state index contributed by atoms with van der Waals surface area (Å²) in [6.07, 6.45) is 0. The summed E-state index contributed by atoms with van der Waals surface area (Å²) in [6.45, 7) is 3.74. The SMILES string of the molecule is CCOC(=O)C1=C(CSc2ccc(Cl)nn2)NC(=O)N[C@@H]1C. The third-order valence-corrected chi connectivity index (χ3v) is 3.99. The third-order valence-electron chi connectivity index (χ3n) is 2.84. The Morgan fingerprint density at radius 1 is 1.45 bits per heavy atom. The van der Waals surface area contributed by atoms with Gasteiger partial charge in [0.15, 0.2) is 5.15 Å². The number of ether oxygens (including phenoxy) is 1. The Balaban J connectivity index is 2.18. The molecule has 7 nitrogen and oxygen atoms in total. The van der Waals surface area contributed by atoms with Crippen molar-refractivity contribution in [2.45, 2.75) is 24.9 Å². The van der Waals surface area contributed by atoms with Crippen molar-refractivity contribution in [1.29, 1.82) is 0 Å². The predicted molar refractivity (Wildman–Crippen MR) is 82.6 cm³/mol. The van der Waals surface area contributed by atoms with Crippen molar-refractivity contribution in [1.82, 2.24) is 20.8 Å². The molecule has 0 unspecified atom stereocenters. The standard InChI is InChI=1S/C13H15ClN4O3S/c1-3-21-12(19)11-7(2)15-13(20)16-8(11)6-22-10-5-4-9(14)17-18-10/h4-5,7H,3,6H2,1-2H3,(H2,15,16,20)/t7-/m1/s1. The van der Waals surface area contributed by atoms with E-state index in [2.05, 4.69) is 20.8 Å². The van der Waals surface area contributed by atoms with Gasteiger partial charge in [-0.15, -0.1) is 10.2 Å². The first-order valence-electron chi connectivity index (χ1n) is 6.61. The van der Waals surface area contributed by atoms with Gasteiger partial charge in [0, 0.05) is 11.4 Å². The number of hydrogen-bond acceptors (Lipinski definition) is 6. The number of aromatic nitrogens is 2. The first kappa shape index (κ1) is 16.6. The highest BCUT2D eigenvalue weighted by Gasteiger charge is 2.29. The molecule has 1 aromatic rings. The van der Waals surface area contributed by atoms with E-state index in [0.29, 0.717) is 27.2 Å². The largest absolute Gasteiger partial charge is 0.463 e. The molecule has 2 amide bonds. The van der Waals surface area contributed by atoms with Crippen molar-refractivity contribution < 1.29 is 14.3 Å². The van der Waals surface area contributed by atoms with Crippen LogP contribution in [0, 0.1) is 0 Å². The molecular formula is C13H15ClN4O3S. The molecule has 0 aliphatic carbocycles. The summed E-state index contributed by atoms with van der Waals surface area (Å²) in [7, 11) is 0. The number of carbonyl (C=O) groups excluding carboxylic acids is 2. The Labute approximate surface area is 136 Å². The van der Waals surface area contributed by atoms with Gasteiger partial charge in [-0.2, -0.15) is 0 Å².